The van der Waals surface area contributed by atoms with Gasteiger partial charge >= 0.3 is 0 Å². The van der Waals surface area contributed by atoms with E-state index in [0.717, 1.165) is 28.5 Å². The maximum atomic E-state index is 13.2. The molecule has 0 unspecified atom stereocenters. The van der Waals surface area contributed by atoms with E-state index in [1.54, 1.807) is 24.3 Å². The molecule has 2 heterocycles. The molecule has 1 fully saturated rings. The Labute approximate surface area is 177 Å². The van der Waals surface area contributed by atoms with Crippen molar-refractivity contribution in [2.24, 2.45) is 0 Å². The number of rotatable bonds is 7. The number of aryl methyl sites for hydroxylation is 1. The lowest BCUT2D eigenvalue weighted by Crippen LogP contribution is -2.44. The Balaban J connectivity index is 1.50. The molecular weight excluding hydrogens is 420 g/mol. The number of nitrogens with one attached hydrogen (secondary N) is 2. The van der Waals surface area contributed by atoms with Crippen LogP contribution in [0.1, 0.15) is 18.1 Å². The molecule has 0 spiro atoms. The number of H-pyrrole nitrogens is 1. The zero-order chi connectivity index (χ0) is 21.4. The second kappa shape index (κ2) is 8.17. The molecule has 1 aromatic heterocycles. The highest BCUT2D eigenvalue weighted by Gasteiger charge is 2.45. The van der Waals surface area contributed by atoms with Gasteiger partial charge in [0, 0.05) is 23.1 Å². The zero-order valence-electron chi connectivity index (χ0n) is 16.8. The van der Waals surface area contributed by atoms with Gasteiger partial charge < -0.3 is 10.3 Å². The Morgan fingerprint density at radius 2 is 1.80 bits per heavy atom. The fourth-order valence-electron chi connectivity index (χ4n) is 4.13. The van der Waals surface area contributed by atoms with Gasteiger partial charge in [-0.1, -0.05) is 37.3 Å². The molecule has 6 nitrogen and oxygen atoms in total. The van der Waals surface area contributed by atoms with E-state index in [4.69, 9.17) is 0 Å². The van der Waals surface area contributed by atoms with E-state index in [1.807, 2.05) is 37.4 Å². The van der Waals surface area contributed by atoms with Crippen molar-refractivity contribution in [3.8, 4) is 0 Å². The Bertz CT molecular complexity index is 1250. The van der Waals surface area contributed by atoms with E-state index in [-0.39, 0.29) is 16.4 Å². The molecule has 0 aliphatic carbocycles. The fourth-order valence-corrected chi connectivity index (χ4v) is 8.85. The molecule has 2 atom stereocenters. The van der Waals surface area contributed by atoms with Crippen LogP contribution in [-0.4, -0.2) is 51.2 Å². The average Bonchev–Trinajstić information content (AvgIpc) is 3.28. The summed E-state index contributed by atoms with van der Waals surface area (Å²) in [5.74, 6) is -0.493. The van der Waals surface area contributed by atoms with Gasteiger partial charge in [-0.05, 0) is 48.7 Å². The van der Waals surface area contributed by atoms with E-state index in [2.05, 4.69) is 10.3 Å². The van der Waals surface area contributed by atoms with Crippen molar-refractivity contribution in [2.45, 2.75) is 36.0 Å². The topological polar surface area (TPSA) is 96.1 Å². The van der Waals surface area contributed by atoms with E-state index < -0.39 is 31.0 Å². The van der Waals surface area contributed by atoms with Crippen LogP contribution >= 0.6 is 0 Å². The first-order valence-corrected chi connectivity index (χ1v) is 13.5. The van der Waals surface area contributed by atoms with E-state index in [1.165, 1.54) is 0 Å². The standard InChI is InChI=1S/C22H26N2O4S2/c1-2-16-7-9-18(10-8-16)30(27,28)22-15-29(25,26)14-21(22)23-12-11-17-13-24-20-6-4-3-5-19(17)20/h3-10,13,21-24H,2,11-12,14-15H2,1H3/t21-,22+/m0/s1. The summed E-state index contributed by atoms with van der Waals surface area (Å²) in [4.78, 5) is 3.41. The number of fused-ring (bicyclic) bond motifs is 1. The van der Waals surface area contributed by atoms with Gasteiger partial charge in [0.1, 0.15) is 0 Å². The summed E-state index contributed by atoms with van der Waals surface area (Å²) in [7, 11) is -7.17. The summed E-state index contributed by atoms with van der Waals surface area (Å²) in [5.41, 5.74) is 3.21. The van der Waals surface area contributed by atoms with Gasteiger partial charge in [0.2, 0.25) is 0 Å². The van der Waals surface area contributed by atoms with E-state index in [0.29, 0.717) is 13.0 Å². The molecule has 4 rings (SSSR count). The molecule has 2 aromatic carbocycles. The third-order valence-corrected chi connectivity index (χ3v) is 10.0. The van der Waals surface area contributed by atoms with Crippen molar-refractivity contribution in [3.63, 3.8) is 0 Å². The van der Waals surface area contributed by atoms with E-state index >= 15 is 0 Å². The SMILES string of the molecule is CCc1ccc(S(=O)(=O)[C@@H]2CS(=O)(=O)C[C@@H]2NCCc2c[nH]c3ccccc23)cc1. The minimum absolute atomic E-state index is 0.155. The predicted molar refractivity (Wildman–Crippen MR) is 119 cm³/mol. The average molecular weight is 447 g/mol. The number of aromatic amines is 1. The first-order chi connectivity index (χ1) is 14.3. The molecule has 30 heavy (non-hydrogen) atoms. The van der Waals surface area contributed by atoms with Crippen LogP contribution in [0.3, 0.4) is 0 Å². The largest absolute Gasteiger partial charge is 0.361 e. The minimum Gasteiger partial charge on any atom is -0.361 e. The Morgan fingerprint density at radius 3 is 2.53 bits per heavy atom. The normalized spacial score (nSPS) is 21.2. The Morgan fingerprint density at radius 1 is 1.07 bits per heavy atom. The van der Waals surface area contributed by atoms with Crippen molar-refractivity contribution in [1.29, 1.82) is 0 Å². The molecule has 0 bridgehead atoms. The van der Waals surface area contributed by atoms with Gasteiger partial charge in [0.15, 0.2) is 19.7 Å². The number of benzene rings is 2. The second-order valence-electron chi connectivity index (χ2n) is 7.83. The van der Waals surface area contributed by atoms with Crippen LogP contribution in [0.4, 0.5) is 0 Å². The van der Waals surface area contributed by atoms with Gasteiger partial charge in [-0.3, -0.25) is 0 Å². The van der Waals surface area contributed by atoms with Crippen LogP contribution in [-0.2, 0) is 32.5 Å². The lowest BCUT2D eigenvalue weighted by atomic mass is 10.1. The quantitative estimate of drug-likeness (QED) is 0.581. The monoisotopic (exact) mass is 446 g/mol. The Kier molecular flexibility index (Phi) is 5.74. The molecule has 2 N–H and O–H groups in total. The minimum atomic E-state index is -3.75. The van der Waals surface area contributed by atoms with Gasteiger partial charge in [0.05, 0.1) is 21.7 Å². The molecule has 3 aromatic rings. The van der Waals surface area contributed by atoms with Crippen LogP contribution in [0.15, 0.2) is 59.6 Å². The van der Waals surface area contributed by atoms with Crippen LogP contribution in [0.2, 0.25) is 0 Å². The van der Waals surface area contributed by atoms with Gasteiger partial charge in [-0.15, -0.1) is 0 Å². The molecule has 160 valence electrons. The number of hydrogen-bond donors (Lipinski definition) is 2. The summed E-state index contributed by atoms with van der Waals surface area (Å²) in [6.07, 6.45) is 3.44. The molecule has 0 saturated carbocycles. The summed E-state index contributed by atoms with van der Waals surface area (Å²) < 4.78 is 51.0. The Hall–Kier alpha value is -2.16. The van der Waals surface area contributed by atoms with Crippen LogP contribution in [0.25, 0.3) is 10.9 Å². The predicted octanol–water partition coefficient (Wildman–Crippen LogP) is 2.50. The first-order valence-electron chi connectivity index (χ1n) is 10.1. The van der Waals surface area contributed by atoms with E-state index in [9.17, 15) is 16.8 Å². The van der Waals surface area contributed by atoms with Crippen molar-refractivity contribution < 1.29 is 16.8 Å². The highest BCUT2D eigenvalue weighted by Crippen LogP contribution is 2.26. The lowest BCUT2D eigenvalue weighted by Gasteiger charge is -2.20. The number of hydrogen-bond acceptors (Lipinski definition) is 5. The van der Waals surface area contributed by atoms with Gasteiger partial charge in [-0.25, -0.2) is 16.8 Å². The second-order valence-corrected chi connectivity index (χ2v) is 12.1. The highest BCUT2D eigenvalue weighted by molar-refractivity contribution is 7.96. The number of aromatic nitrogens is 1. The van der Waals surface area contributed by atoms with Gasteiger partial charge in [0.25, 0.3) is 0 Å². The van der Waals surface area contributed by atoms with Crippen molar-refractivity contribution >= 4 is 30.6 Å². The maximum absolute atomic E-state index is 13.2. The van der Waals surface area contributed by atoms with Crippen LogP contribution in [0, 0.1) is 0 Å². The van der Waals surface area contributed by atoms with Crippen LogP contribution < -0.4 is 5.32 Å². The number of sulfone groups is 2. The maximum Gasteiger partial charge on any atom is 0.183 e. The molecule has 1 aliphatic heterocycles. The van der Waals surface area contributed by atoms with Crippen molar-refractivity contribution in [3.05, 3.63) is 65.9 Å². The first kappa shape index (κ1) is 21.1. The van der Waals surface area contributed by atoms with Crippen molar-refractivity contribution in [1.82, 2.24) is 10.3 Å². The lowest BCUT2D eigenvalue weighted by molar-refractivity contribution is 0.528. The molecule has 1 aliphatic rings. The molecule has 1 saturated heterocycles. The molecule has 0 radical (unpaired) electrons. The summed E-state index contributed by atoms with van der Waals surface area (Å²) >= 11 is 0. The highest BCUT2D eigenvalue weighted by atomic mass is 32.2. The third-order valence-electron chi connectivity index (χ3n) is 5.83. The number of para-hydroxylation sites is 1. The van der Waals surface area contributed by atoms with Crippen molar-refractivity contribution in [2.75, 3.05) is 18.1 Å². The molecular formula is C22H26N2O4S2. The summed E-state index contributed by atoms with van der Waals surface area (Å²) in [6, 6.07) is 14.1. The van der Waals surface area contributed by atoms with Gasteiger partial charge in [-0.2, -0.15) is 0 Å². The zero-order valence-corrected chi connectivity index (χ0v) is 18.5. The fraction of sp³-hybridized carbons (Fsp3) is 0.364. The summed E-state index contributed by atoms with van der Waals surface area (Å²) in [6.45, 7) is 2.50. The molecule has 0 amide bonds. The third kappa shape index (κ3) is 4.17. The smallest absolute Gasteiger partial charge is 0.183 e. The van der Waals surface area contributed by atoms with Crippen LogP contribution in [0.5, 0.6) is 0 Å². The molecule has 8 heteroatoms. The summed E-state index contributed by atoms with van der Waals surface area (Å²) in [5, 5.41) is 3.37.